The zero-order valence-corrected chi connectivity index (χ0v) is 24.8. The summed E-state index contributed by atoms with van der Waals surface area (Å²) >= 11 is 0. The third-order valence-corrected chi connectivity index (χ3v) is 5.41. The van der Waals surface area contributed by atoms with Gasteiger partial charge in [0.1, 0.15) is 5.82 Å². The SMILES string of the molecule is C#C.CCCNc1nc(Nc2ccnc(F)c2)ncc1C#CC(C)(C)CCNC(=O)CN(C)C(=O)/C=C/CN(C)C. The summed E-state index contributed by atoms with van der Waals surface area (Å²) in [5, 5.41) is 9.10. The highest BCUT2D eigenvalue weighted by Crippen LogP contribution is 2.21. The fraction of sp³-hybridized carbons (Fsp3) is 0.433. The second-order valence-electron chi connectivity index (χ2n) is 9.97. The summed E-state index contributed by atoms with van der Waals surface area (Å²) in [6.07, 6.45) is 15.7. The van der Waals surface area contributed by atoms with Crippen molar-refractivity contribution in [2.45, 2.75) is 33.6 Å². The highest BCUT2D eigenvalue weighted by molar-refractivity contribution is 5.91. The number of amides is 2. The van der Waals surface area contributed by atoms with Gasteiger partial charge in [-0.05, 0) is 46.9 Å². The van der Waals surface area contributed by atoms with Gasteiger partial charge in [-0.25, -0.2) is 9.97 Å². The molecule has 2 aromatic rings. The fourth-order valence-electron chi connectivity index (χ4n) is 3.18. The van der Waals surface area contributed by atoms with E-state index in [1.165, 1.54) is 23.2 Å². The van der Waals surface area contributed by atoms with Gasteiger partial charge in [0.25, 0.3) is 0 Å². The van der Waals surface area contributed by atoms with Crippen molar-refractivity contribution in [1.29, 1.82) is 0 Å². The molecular weight excluding hydrogens is 523 g/mol. The zero-order chi connectivity index (χ0) is 30.8. The lowest BCUT2D eigenvalue weighted by Gasteiger charge is -2.19. The smallest absolute Gasteiger partial charge is 0.246 e. The normalized spacial score (nSPS) is 10.7. The number of hydrogen-bond donors (Lipinski definition) is 3. The van der Waals surface area contributed by atoms with Gasteiger partial charge in [-0.1, -0.05) is 24.8 Å². The maximum absolute atomic E-state index is 13.4. The lowest BCUT2D eigenvalue weighted by atomic mass is 9.90. The maximum Gasteiger partial charge on any atom is 0.246 e. The molecule has 0 fully saturated rings. The number of halogens is 1. The van der Waals surface area contributed by atoms with Gasteiger partial charge >= 0.3 is 0 Å². The second-order valence-corrected chi connectivity index (χ2v) is 9.97. The summed E-state index contributed by atoms with van der Waals surface area (Å²) in [7, 11) is 5.42. The van der Waals surface area contributed by atoms with Crippen molar-refractivity contribution in [1.82, 2.24) is 30.1 Å². The van der Waals surface area contributed by atoms with E-state index in [-0.39, 0.29) is 18.4 Å². The predicted octanol–water partition coefficient (Wildman–Crippen LogP) is 3.29. The van der Waals surface area contributed by atoms with Crippen LogP contribution in [0.15, 0.2) is 36.7 Å². The Hall–Kier alpha value is -4.48. The largest absolute Gasteiger partial charge is 0.369 e. The molecule has 11 heteroatoms. The molecule has 41 heavy (non-hydrogen) atoms. The first-order valence-corrected chi connectivity index (χ1v) is 13.2. The third-order valence-electron chi connectivity index (χ3n) is 5.41. The number of nitrogens with zero attached hydrogens (tertiary/aromatic N) is 5. The van der Waals surface area contributed by atoms with E-state index in [1.807, 2.05) is 39.8 Å². The molecule has 0 aliphatic heterocycles. The van der Waals surface area contributed by atoms with E-state index in [2.05, 4.69) is 55.6 Å². The molecule has 0 atom stereocenters. The first kappa shape index (κ1) is 34.5. The van der Waals surface area contributed by atoms with Gasteiger partial charge in [-0.2, -0.15) is 9.37 Å². The van der Waals surface area contributed by atoms with Crippen LogP contribution in [0.2, 0.25) is 0 Å². The van der Waals surface area contributed by atoms with E-state index in [0.717, 1.165) is 6.42 Å². The number of rotatable bonds is 13. The molecule has 0 saturated carbocycles. The van der Waals surface area contributed by atoms with Crippen molar-refractivity contribution >= 4 is 29.3 Å². The van der Waals surface area contributed by atoms with E-state index >= 15 is 0 Å². The first-order valence-electron chi connectivity index (χ1n) is 13.2. The van der Waals surface area contributed by atoms with Crippen molar-refractivity contribution in [3.05, 3.63) is 48.2 Å². The number of terminal acetylenes is 1. The van der Waals surface area contributed by atoms with Crippen molar-refractivity contribution in [2.24, 2.45) is 5.41 Å². The average molecular weight is 565 g/mol. The molecule has 0 spiro atoms. The summed E-state index contributed by atoms with van der Waals surface area (Å²) in [4.78, 5) is 40.1. The standard InChI is InChI=1S/C28H39FN8O2.C2H2/c1-7-14-32-26-21(19-33-27(35-26)34-22-11-15-30-23(29)18-22)10-12-28(2,3)13-16-31-24(38)20-37(6)25(39)9-8-17-36(4)5;1-2/h8-9,11,15,18-19H,7,13-14,16-17,20H2,1-6H3,(H,31,38)(H2,30,32,33,34,35);1-2H/b9-8+;. The molecule has 0 aromatic carbocycles. The summed E-state index contributed by atoms with van der Waals surface area (Å²) in [5.74, 6) is 6.26. The van der Waals surface area contributed by atoms with Gasteiger partial charge in [-0.3, -0.25) is 9.59 Å². The second kappa shape index (κ2) is 18.0. The van der Waals surface area contributed by atoms with E-state index in [0.29, 0.717) is 49.1 Å². The molecule has 220 valence electrons. The number of aromatic nitrogens is 3. The molecule has 2 heterocycles. The number of nitrogens with one attached hydrogen (secondary N) is 3. The van der Waals surface area contributed by atoms with Gasteiger partial charge in [0.05, 0.1) is 18.3 Å². The predicted molar refractivity (Wildman–Crippen MR) is 162 cm³/mol. The fourth-order valence-corrected chi connectivity index (χ4v) is 3.18. The summed E-state index contributed by atoms with van der Waals surface area (Å²) < 4.78 is 13.4. The summed E-state index contributed by atoms with van der Waals surface area (Å²) in [5.41, 5.74) is 0.717. The highest BCUT2D eigenvalue weighted by Gasteiger charge is 2.16. The number of anilines is 3. The van der Waals surface area contributed by atoms with Crippen LogP contribution in [0.5, 0.6) is 0 Å². The Bertz CT molecular complexity index is 1250. The van der Waals surface area contributed by atoms with Crippen LogP contribution >= 0.6 is 0 Å². The van der Waals surface area contributed by atoms with Crippen molar-refractivity contribution in [2.75, 3.05) is 58.0 Å². The zero-order valence-electron chi connectivity index (χ0n) is 24.8. The Kier molecular flexibility index (Phi) is 15.1. The van der Waals surface area contributed by atoms with Crippen molar-refractivity contribution in [3.63, 3.8) is 0 Å². The van der Waals surface area contributed by atoms with Crippen LogP contribution in [0.1, 0.15) is 39.2 Å². The van der Waals surface area contributed by atoms with Gasteiger partial charge < -0.3 is 25.8 Å². The Morgan fingerprint density at radius 1 is 1.17 bits per heavy atom. The van der Waals surface area contributed by atoms with Crippen molar-refractivity contribution in [3.8, 4) is 24.7 Å². The number of carbonyl (C=O) groups is 2. The molecule has 2 amide bonds. The lowest BCUT2D eigenvalue weighted by Crippen LogP contribution is -2.38. The van der Waals surface area contributed by atoms with Crippen LogP contribution in [0.3, 0.4) is 0 Å². The number of likely N-dealkylation sites (N-methyl/N-ethyl adjacent to an activating group) is 2. The van der Waals surface area contributed by atoms with E-state index in [1.54, 1.807) is 25.4 Å². The number of pyridine rings is 1. The molecule has 0 unspecified atom stereocenters. The third kappa shape index (κ3) is 13.9. The van der Waals surface area contributed by atoms with Crippen LogP contribution < -0.4 is 16.0 Å². The number of carbonyl (C=O) groups excluding carboxylic acids is 2. The first-order chi connectivity index (χ1) is 19.5. The quantitative estimate of drug-likeness (QED) is 0.193. The molecular formula is C30H41FN8O2. The van der Waals surface area contributed by atoms with E-state index in [4.69, 9.17) is 0 Å². The number of hydrogen-bond acceptors (Lipinski definition) is 8. The average Bonchev–Trinajstić information content (AvgIpc) is 2.92. The molecule has 2 rings (SSSR count). The van der Waals surface area contributed by atoms with Crippen LogP contribution in [-0.4, -0.2) is 83.9 Å². The minimum atomic E-state index is -0.599. The Morgan fingerprint density at radius 3 is 2.56 bits per heavy atom. The van der Waals surface area contributed by atoms with Crippen LogP contribution in [0.25, 0.3) is 0 Å². The molecule has 10 nitrogen and oxygen atoms in total. The van der Waals surface area contributed by atoms with Gasteiger partial charge in [0.15, 0.2) is 0 Å². The minimum absolute atomic E-state index is 0.0203. The van der Waals surface area contributed by atoms with E-state index in [9.17, 15) is 14.0 Å². The minimum Gasteiger partial charge on any atom is -0.369 e. The Morgan fingerprint density at radius 2 is 1.90 bits per heavy atom. The maximum atomic E-state index is 13.4. The van der Waals surface area contributed by atoms with Crippen LogP contribution in [0.4, 0.5) is 21.8 Å². The molecule has 0 saturated heterocycles. The molecule has 0 aliphatic rings. The Balaban J connectivity index is 0.00000411. The van der Waals surface area contributed by atoms with Gasteiger partial charge in [0, 0.05) is 56.1 Å². The molecule has 2 aromatic heterocycles. The molecule has 0 aliphatic carbocycles. The summed E-state index contributed by atoms with van der Waals surface area (Å²) in [6.45, 7) is 7.78. The lowest BCUT2D eigenvalue weighted by molar-refractivity contribution is -0.131. The topological polar surface area (TPSA) is 115 Å². The van der Waals surface area contributed by atoms with Gasteiger partial charge in [0.2, 0.25) is 23.7 Å². The molecule has 0 bridgehead atoms. The van der Waals surface area contributed by atoms with Crippen molar-refractivity contribution < 1.29 is 14.0 Å². The molecule has 3 N–H and O–H groups in total. The van der Waals surface area contributed by atoms with Crippen LogP contribution in [-0.2, 0) is 9.59 Å². The highest BCUT2D eigenvalue weighted by atomic mass is 19.1. The van der Waals surface area contributed by atoms with Crippen LogP contribution in [0, 0.1) is 36.1 Å². The van der Waals surface area contributed by atoms with Gasteiger partial charge in [-0.15, -0.1) is 12.8 Å². The Labute approximate surface area is 243 Å². The monoisotopic (exact) mass is 564 g/mol. The van der Waals surface area contributed by atoms with E-state index < -0.39 is 11.4 Å². The summed E-state index contributed by atoms with van der Waals surface area (Å²) in [6, 6.07) is 2.89. The molecule has 0 radical (unpaired) electrons.